The van der Waals surface area contributed by atoms with Crippen molar-refractivity contribution in [2.24, 2.45) is 0 Å². The average molecular weight is 461 g/mol. The van der Waals surface area contributed by atoms with Crippen LogP contribution in [0.4, 0.5) is 0 Å². The number of rotatable bonds is 4. The van der Waals surface area contributed by atoms with Crippen LogP contribution in [0.25, 0.3) is 28.0 Å². The van der Waals surface area contributed by atoms with Crippen LogP contribution < -0.4 is 0 Å². The van der Waals surface area contributed by atoms with E-state index in [9.17, 15) is 0 Å². The molecule has 2 aromatic heterocycles. The van der Waals surface area contributed by atoms with Crippen molar-refractivity contribution in [1.29, 1.82) is 0 Å². The molecule has 6 heteroatoms. The molecular weight excluding hydrogens is 439 g/mol. The van der Waals surface area contributed by atoms with Gasteiger partial charge in [-0.1, -0.05) is 97.7 Å². The predicted octanol–water partition coefficient (Wildman–Crippen LogP) is 7.38. The summed E-state index contributed by atoms with van der Waals surface area (Å²) in [4.78, 5) is 0. The lowest BCUT2D eigenvalue weighted by atomic mass is 10.00. The van der Waals surface area contributed by atoms with E-state index in [1.165, 1.54) is 0 Å². The number of hydrogen-bond donors (Lipinski definition) is 0. The van der Waals surface area contributed by atoms with Gasteiger partial charge in [-0.2, -0.15) is 9.61 Å². The van der Waals surface area contributed by atoms with E-state index in [0.29, 0.717) is 22.1 Å². The fourth-order valence-corrected chi connectivity index (χ4v) is 3.82. The van der Waals surface area contributed by atoms with Gasteiger partial charge < -0.3 is 0 Å². The summed E-state index contributed by atoms with van der Waals surface area (Å²) in [5, 5.41) is 15.0. The van der Waals surface area contributed by atoms with Crippen LogP contribution in [0.15, 0.2) is 84.9 Å². The van der Waals surface area contributed by atoms with Gasteiger partial charge in [0.15, 0.2) is 11.5 Å². The summed E-state index contributed by atoms with van der Waals surface area (Å²) in [6, 6.07) is 27.5. The second-order valence-electron chi connectivity index (χ2n) is 6.94. The first-order chi connectivity index (χ1) is 15.7. The molecule has 3 aromatic carbocycles. The maximum absolute atomic E-state index is 6.54. The predicted molar refractivity (Wildman–Crippen MR) is 132 cm³/mol. The molecule has 0 saturated heterocycles. The third-order valence-corrected chi connectivity index (χ3v) is 5.53. The summed E-state index contributed by atoms with van der Waals surface area (Å²) in [6.45, 7) is 4.00. The van der Waals surface area contributed by atoms with Crippen molar-refractivity contribution in [3.05, 3.63) is 106 Å². The molecule has 0 atom stereocenters. The molecule has 0 saturated carbocycles. The lowest BCUT2D eigenvalue weighted by Gasteiger charge is -2.12. The SMILES string of the molecule is CC.Clc1ccc(-c2cc3nnc(Cc4ccccc4)n3nc2-c2ccccc2Cl)cc1. The highest BCUT2D eigenvalue weighted by Gasteiger charge is 2.17. The van der Waals surface area contributed by atoms with Crippen LogP contribution in [0.3, 0.4) is 0 Å². The quantitative estimate of drug-likeness (QED) is 0.280. The highest BCUT2D eigenvalue weighted by atomic mass is 35.5. The Kier molecular flexibility index (Phi) is 6.84. The second kappa shape index (κ2) is 9.94. The van der Waals surface area contributed by atoms with Crippen molar-refractivity contribution in [1.82, 2.24) is 19.8 Å². The van der Waals surface area contributed by atoms with Crippen molar-refractivity contribution < 1.29 is 0 Å². The molecule has 0 spiro atoms. The lowest BCUT2D eigenvalue weighted by Crippen LogP contribution is -2.03. The van der Waals surface area contributed by atoms with Crippen LogP contribution in [0, 0.1) is 0 Å². The molecule has 0 aliphatic carbocycles. The molecule has 32 heavy (non-hydrogen) atoms. The Morgan fingerprint density at radius 2 is 1.44 bits per heavy atom. The standard InChI is InChI=1S/C24H16Cl2N4.C2H6/c25-18-12-10-17(11-13-18)20-15-23-28-27-22(14-16-6-2-1-3-7-16)30(23)29-24(20)19-8-4-5-9-21(19)26;1-2/h1-13,15H,14H2;1-2H3. The van der Waals surface area contributed by atoms with E-state index < -0.39 is 0 Å². The van der Waals surface area contributed by atoms with Gasteiger partial charge in [0.2, 0.25) is 0 Å². The Labute approximate surface area is 197 Å². The van der Waals surface area contributed by atoms with Gasteiger partial charge in [0.1, 0.15) is 5.69 Å². The van der Waals surface area contributed by atoms with E-state index in [-0.39, 0.29) is 0 Å². The van der Waals surface area contributed by atoms with Gasteiger partial charge in [0, 0.05) is 22.6 Å². The summed E-state index contributed by atoms with van der Waals surface area (Å²) in [6.07, 6.45) is 0.636. The van der Waals surface area contributed by atoms with Crippen LogP contribution in [0.5, 0.6) is 0 Å². The van der Waals surface area contributed by atoms with Crippen molar-refractivity contribution in [3.8, 4) is 22.4 Å². The lowest BCUT2D eigenvalue weighted by molar-refractivity contribution is 0.842. The first-order valence-electron chi connectivity index (χ1n) is 10.5. The highest BCUT2D eigenvalue weighted by molar-refractivity contribution is 6.33. The number of benzene rings is 3. The number of halogens is 2. The molecule has 0 unspecified atom stereocenters. The van der Waals surface area contributed by atoms with Crippen LogP contribution in [-0.4, -0.2) is 19.8 Å². The first-order valence-corrected chi connectivity index (χ1v) is 11.2. The van der Waals surface area contributed by atoms with Gasteiger partial charge in [-0.25, -0.2) is 0 Å². The molecule has 0 radical (unpaired) electrons. The van der Waals surface area contributed by atoms with Crippen LogP contribution >= 0.6 is 23.2 Å². The van der Waals surface area contributed by atoms with Crippen molar-refractivity contribution in [2.45, 2.75) is 20.3 Å². The van der Waals surface area contributed by atoms with E-state index in [0.717, 1.165) is 33.8 Å². The van der Waals surface area contributed by atoms with Gasteiger partial charge in [-0.05, 0) is 35.4 Å². The minimum absolute atomic E-state index is 0.636. The Morgan fingerprint density at radius 1 is 0.750 bits per heavy atom. The zero-order valence-electron chi connectivity index (χ0n) is 17.8. The molecule has 5 aromatic rings. The second-order valence-corrected chi connectivity index (χ2v) is 7.79. The van der Waals surface area contributed by atoms with Gasteiger partial charge in [-0.3, -0.25) is 0 Å². The van der Waals surface area contributed by atoms with Gasteiger partial charge >= 0.3 is 0 Å². The van der Waals surface area contributed by atoms with E-state index in [4.69, 9.17) is 28.3 Å². The molecule has 0 N–H and O–H groups in total. The summed E-state index contributed by atoms with van der Waals surface area (Å²) in [5.41, 5.74) is 5.36. The normalized spacial score (nSPS) is 10.6. The molecule has 0 amide bonds. The topological polar surface area (TPSA) is 43.1 Å². The Morgan fingerprint density at radius 3 is 2.16 bits per heavy atom. The smallest absolute Gasteiger partial charge is 0.178 e. The minimum atomic E-state index is 0.636. The molecular formula is C26H22Cl2N4. The highest BCUT2D eigenvalue weighted by Crippen LogP contribution is 2.35. The molecule has 5 rings (SSSR count). The summed E-state index contributed by atoms with van der Waals surface area (Å²) >= 11 is 12.6. The molecule has 2 heterocycles. The Bertz CT molecular complexity index is 1330. The third kappa shape index (κ3) is 4.52. The van der Waals surface area contributed by atoms with Gasteiger partial charge in [0.25, 0.3) is 0 Å². The molecule has 0 aliphatic heterocycles. The van der Waals surface area contributed by atoms with Crippen molar-refractivity contribution >= 4 is 28.8 Å². The molecule has 160 valence electrons. The van der Waals surface area contributed by atoms with Crippen LogP contribution in [0.2, 0.25) is 10.0 Å². The average Bonchev–Trinajstić information content (AvgIpc) is 3.23. The van der Waals surface area contributed by atoms with Crippen LogP contribution in [0.1, 0.15) is 25.2 Å². The maximum atomic E-state index is 6.54. The summed E-state index contributed by atoms with van der Waals surface area (Å²) in [5.74, 6) is 0.771. The molecule has 0 fully saturated rings. The van der Waals surface area contributed by atoms with E-state index in [1.807, 2.05) is 86.6 Å². The maximum Gasteiger partial charge on any atom is 0.178 e. The minimum Gasteiger partial charge on any atom is -0.196 e. The van der Waals surface area contributed by atoms with Gasteiger partial charge in [0.05, 0.1) is 5.02 Å². The van der Waals surface area contributed by atoms with Crippen LogP contribution in [-0.2, 0) is 6.42 Å². The number of nitrogens with zero attached hydrogens (tertiary/aromatic N) is 4. The van der Waals surface area contributed by atoms with Crippen molar-refractivity contribution in [3.63, 3.8) is 0 Å². The molecule has 0 aliphatic rings. The van der Waals surface area contributed by atoms with E-state index >= 15 is 0 Å². The fourth-order valence-electron chi connectivity index (χ4n) is 3.47. The fraction of sp³-hybridized carbons (Fsp3) is 0.115. The number of hydrogen-bond acceptors (Lipinski definition) is 3. The largest absolute Gasteiger partial charge is 0.196 e. The summed E-state index contributed by atoms with van der Waals surface area (Å²) < 4.78 is 1.80. The van der Waals surface area contributed by atoms with E-state index in [1.54, 1.807) is 4.52 Å². The molecule has 4 nitrogen and oxygen atoms in total. The van der Waals surface area contributed by atoms with E-state index in [2.05, 4.69) is 22.3 Å². The Hall–Kier alpha value is -3.21. The zero-order valence-corrected chi connectivity index (χ0v) is 19.3. The molecule has 0 bridgehead atoms. The van der Waals surface area contributed by atoms with Gasteiger partial charge in [-0.15, -0.1) is 10.2 Å². The number of aromatic nitrogens is 4. The Balaban J connectivity index is 0.00000119. The summed E-state index contributed by atoms with van der Waals surface area (Å²) in [7, 11) is 0. The zero-order chi connectivity index (χ0) is 22.5. The first kappa shape index (κ1) is 22.0. The monoisotopic (exact) mass is 460 g/mol. The number of fused-ring (bicyclic) bond motifs is 1. The third-order valence-electron chi connectivity index (χ3n) is 4.95. The van der Waals surface area contributed by atoms with Crippen molar-refractivity contribution in [2.75, 3.05) is 0 Å².